The largest absolute Gasteiger partial charge is 0.352 e. The fourth-order valence-corrected chi connectivity index (χ4v) is 2.66. The van der Waals surface area contributed by atoms with E-state index in [0.29, 0.717) is 19.0 Å². The predicted molar refractivity (Wildman–Crippen MR) is 84.5 cm³/mol. The molecule has 2 heterocycles. The van der Waals surface area contributed by atoms with Crippen LogP contribution in [0.5, 0.6) is 0 Å². The van der Waals surface area contributed by atoms with E-state index >= 15 is 0 Å². The molecule has 0 spiro atoms. The molecule has 23 heavy (non-hydrogen) atoms. The van der Waals surface area contributed by atoms with Crippen molar-refractivity contribution in [3.05, 3.63) is 36.4 Å². The first kappa shape index (κ1) is 16.9. The fraction of sp³-hybridized carbons (Fsp3) is 0.308. The van der Waals surface area contributed by atoms with E-state index < -0.39 is 10.0 Å². The number of nitrogens with zero attached hydrogens (tertiary/aromatic N) is 3. The molecule has 10 heteroatoms. The highest BCUT2D eigenvalue weighted by Gasteiger charge is 2.18. The van der Waals surface area contributed by atoms with Crippen molar-refractivity contribution in [1.29, 1.82) is 0 Å². The number of hydrogen-bond acceptors (Lipinski definition) is 6. The lowest BCUT2D eigenvalue weighted by Crippen LogP contribution is -2.30. The van der Waals surface area contributed by atoms with Crippen molar-refractivity contribution in [3.8, 4) is 0 Å². The summed E-state index contributed by atoms with van der Waals surface area (Å²) in [6.45, 7) is 0.790. The van der Waals surface area contributed by atoms with Crippen LogP contribution in [0.15, 0.2) is 35.6 Å². The van der Waals surface area contributed by atoms with Gasteiger partial charge in [0, 0.05) is 38.7 Å². The molecule has 0 radical (unpaired) electrons. The zero-order chi connectivity index (χ0) is 16.9. The molecule has 0 saturated carbocycles. The first-order valence-corrected chi connectivity index (χ1v) is 8.31. The number of carbonyl (C=O) groups excluding carboxylic acids is 1. The van der Waals surface area contributed by atoms with Crippen LogP contribution in [0.25, 0.3) is 0 Å². The van der Waals surface area contributed by atoms with Crippen LogP contribution in [0.2, 0.25) is 0 Å². The number of sulfonamides is 1. The van der Waals surface area contributed by atoms with Crippen LogP contribution in [0.1, 0.15) is 10.5 Å². The maximum Gasteiger partial charge on any atom is 0.268 e. The Morgan fingerprint density at radius 3 is 2.61 bits per heavy atom. The standard InChI is InChI=1S/C13H18N6O3S/c1-14-23(21,22)10-8-11(19(2)9-10)12(20)15-6-7-18-13-16-4-3-5-17-13/h3-5,8-9,14H,6-7H2,1-2H3,(H,15,20)(H,16,17,18). The van der Waals surface area contributed by atoms with E-state index in [0.717, 1.165) is 0 Å². The van der Waals surface area contributed by atoms with Crippen LogP contribution >= 0.6 is 0 Å². The van der Waals surface area contributed by atoms with E-state index in [9.17, 15) is 13.2 Å². The molecule has 0 atom stereocenters. The summed E-state index contributed by atoms with van der Waals surface area (Å²) in [5.74, 6) is 0.115. The van der Waals surface area contributed by atoms with Crippen LogP contribution in [0, 0.1) is 0 Å². The van der Waals surface area contributed by atoms with Gasteiger partial charge in [0.25, 0.3) is 5.91 Å². The molecule has 2 aromatic heterocycles. The molecule has 0 fully saturated rings. The highest BCUT2D eigenvalue weighted by molar-refractivity contribution is 7.89. The number of hydrogen-bond donors (Lipinski definition) is 3. The molecule has 2 rings (SSSR count). The van der Waals surface area contributed by atoms with Gasteiger partial charge in [-0.25, -0.2) is 23.1 Å². The molecule has 3 N–H and O–H groups in total. The zero-order valence-electron chi connectivity index (χ0n) is 12.8. The van der Waals surface area contributed by atoms with Gasteiger partial charge in [-0.15, -0.1) is 0 Å². The summed E-state index contributed by atoms with van der Waals surface area (Å²) in [7, 11) is -0.645. The van der Waals surface area contributed by atoms with Crippen molar-refractivity contribution in [2.24, 2.45) is 7.05 Å². The predicted octanol–water partition coefficient (Wildman–Crippen LogP) is -0.435. The molecule has 9 nitrogen and oxygen atoms in total. The van der Waals surface area contributed by atoms with Gasteiger partial charge in [-0.05, 0) is 19.2 Å². The highest BCUT2D eigenvalue weighted by Crippen LogP contribution is 2.12. The van der Waals surface area contributed by atoms with E-state index in [2.05, 4.69) is 25.3 Å². The van der Waals surface area contributed by atoms with Gasteiger partial charge in [0.2, 0.25) is 16.0 Å². The smallest absolute Gasteiger partial charge is 0.268 e. The van der Waals surface area contributed by atoms with Crippen molar-refractivity contribution in [2.75, 3.05) is 25.5 Å². The van der Waals surface area contributed by atoms with E-state index in [1.165, 1.54) is 23.9 Å². The highest BCUT2D eigenvalue weighted by atomic mass is 32.2. The van der Waals surface area contributed by atoms with E-state index in [1.807, 2.05) is 0 Å². The first-order valence-electron chi connectivity index (χ1n) is 6.83. The number of nitrogens with one attached hydrogen (secondary N) is 3. The van der Waals surface area contributed by atoms with E-state index in [1.54, 1.807) is 25.5 Å². The Morgan fingerprint density at radius 2 is 1.96 bits per heavy atom. The van der Waals surface area contributed by atoms with Gasteiger partial charge < -0.3 is 15.2 Å². The number of rotatable bonds is 7. The Hall–Kier alpha value is -2.46. The van der Waals surface area contributed by atoms with Gasteiger partial charge in [-0.1, -0.05) is 0 Å². The molecule has 0 aromatic carbocycles. The minimum absolute atomic E-state index is 0.0449. The summed E-state index contributed by atoms with van der Waals surface area (Å²) >= 11 is 0. The lowest BCUT2D eigenvalue weighted by Gasteiger charge is -2.07. The summed E-state index contributed by atoms with van der Waals surface area (Å²) < 4.78 is 27.1. The molecule has 2 aromatic rings. The molecule has 124 valence electrons. The molecule has 1 amide bonds. The van der Waals surface area contributed by atoms with Gasteiger partial charge in [-0.2, -0.15) is 0 Å². The molecule has 0 bridgehead atoms. The third-order valence-corrected chi connectivity index (χ3v) is 4.43. The summed E-state index contributed by atoms with van der Waals surface area (Å²) in [5.41, 5.74) is 0.259. The Balaban J connectivity index is 1.91. The van der Waals surface area contributed by atoms with E-state index in [4.69, 9.17) is 0 Å². The average molecular weight is 338 g/mol. The van der Waals surface area contributed by atoms with Crippen molar-refractivity contribution in [3.63, 3.8) is 0 Å². The Morgan fingerprint density at radius 1 is 1.26 bits per heavy atom. The topological polar surface area (TPSA) is 118 Å². The first-order chi connectivity index (χ1) is 10.9. The molecule has 0 saturated heterocycles. The summed E-state index contributed by atoms with van der Waals surface area (Å²) in [6, 6.07) is 3.04. The molecule has 0 aliphatic heterocycles. The lowest BCUT2D eigenvalue weighted by atomic mass is 10.4. The van der Waals surface area contributed by atoms with Crippen LogP contribution in [-0.4, -0.2) is 49.0 Å². The summed E-state index contributed by atoms with van der Waals surface area (Å²) in [5, 5.41) is 5.65. The third-order valence-electron chi connectivity index (χ3n) is 3.05. The summed E-state index contributed by atoms with van der Waals surface area (Å²) in [6.07, 6.45) is 4.61. The molecular weight excluding hydrogens is 320 g/mol. The zero-order valence-corrected chi connectivity index (χ0v) is 13.6. The maximum absolute atomic E-state index is 12.1. The van der Waals surface area contributed by atoms with Gasteiger partial charge >= 0.3 is 0 Å². The average Bonchev–Trinajstić information content (AvgIpc) is 2.95. The van der Waals surface area contributed by atoms with Crippen LogP contribution < -0.4 is 15.4 Å². The van der Waals surface area contributed by atoms with Crippen molar-refractivity contribution < 1.29 is 13.2 Å². The Bertz CT molecular complexity index is 772. The number of carbonyl (C=O) groups is 1. The quantitative estimate of drug-likeness (QED) is 0.589. The number of anilines is 1. The van der Waals surface area contributed by atoms with E-state index in [-0.39, 0.29) is 16.5 Å². The van der Waals surface area contributed by atoms with Crippen molar-refractivity contribution in [1.82, 2.24) is 24.6 Å². The van der Waals surface area contributed by atoms with Gasteiger partial charge in [0.1, 0.15) is 10.6 Å². The van der Waals surface area contributed by atoms with Crippen molar-refractivity contribution in [2.45, 2.75) is 4.90 Å². The minimum atomic E-state index is -3.57. The van der Waals surface area contributed by atoms with Crippen LogP contribution in [-0.2, 0) is 17.1 Å². The number of aromatic nitrogens is 3. The second kappa shape index (κ2) is 7.20. The van der Waals surface area contributed by atoms with Gasteiger partial charge in [-0.3, -0.25) is 4.79 Å². The second-order valence-electron chi connectivity index (χ2n) is 4.63. The third kappa shape index (κ3) is 4.27. The van der Waals surface area contributed by atoms with Crippen molar-refractivity contribution >= 4 is 21.9 Å². The molecule has 0 aliphatic carbocycles. The second-order valence-corrected chi connectivity index (χ2v) is 6.52. The monoisotopic (exact) mass is 338 g/mol. The minimum Gasteiger partial charge on any atom is -0.352 e. The van der Waals surface area contributed by atoms with Crippen LogP contribution in [0.4, 0.5) is 5.95 Å². The molecule has 0 unspecified atom stereocenters. The Labute approximate surface area is 134 Å². The lowest BCUT2D eigenvalue weighted by molar-refractivity contribution is 0.0947. The van der Waals surface area contributed by atoms with Gasteiger partial charge in [0.15, 0.2) is 0 Å². The fourth-order valence-electron chi connectivity index (χ4n) is 1.86. The molecular formula is C13H18N6O3S. The van der Waals surface area contributed by atoms with Crippen LogP contribution in [0.3, 0.4) is 0 Å². The summed E-state index contributed by atoms with van der Waals surface area (Å²) in [4.78, 5) is 20.1. The Kier molecular flexibility index (Phi) is 5.29. The number of aryl methyl sites for hydroxylation is 1. The number of amides is 1. The van der Waals surface area contributed by atoms with Gasteiger partial charge in [0.05, 0.1) is 0 Å². The molecule has 0 aliphatic rings. The normalized spacial score (nSPS) is 11.2. The maximum atomic E-state index is 12.1. The SMILES string of the molecule is CNS(=O)(=O)c1cc(C(=O)NCCNc2ncccn2)n(C)c1.